The number of benzene rings is 1. The van der Waals surface area contributed by atoms with E-state index in [1.165, 1.54) is 0 Å². The maximum absolute atomic E-state index is 12.5. The normalized spacial score (nSPS) is 25.7. The van der Waals surface area contributed by atoms with Crippen LogP contribution in [0.5, 0.6) is 5.75 Å². The molecule has 2 aromatic rings. The SMILES string of the molecule is Cc1nc(CC(=O)N2C[C@H]3CC(Oc4ccccc4)C[C@H]3C2)cs1. The van der Waals surface area contributed by atoms with Gasteiger partial charge in [0.1, 0.15) is 5.75 Å². The van der Waals surface area contributed by atoms with Crippen molar-refractivity contribution in [1.29, 1.82) is 0 Å². The molecule has 1 saturated heterocycles. The first-order chi connectivity index (χ1) is 11.7. The van der Waals surface area contributed by atoms with Crippen molar-refractivity contribution in [1.82, 2.24) is 9.88 Å². The van der Waals surface area contributed by atoms with Crippen LogP contribution in [0.25, 0.3) is 0 Å². The number of aryl methyl sites for hydroxylation is 1. The molecule has 0 bridgehead atoms. The van der Waals surface area contributed by atoms with Crippen LogP contribution in [0.4, 0.5) is 0 Å². The number of carbonyl (C=O) groups is 1. The summed E-state index contributed by atoms with van der Waals surface area (Å²) >= 11 is 1.61. The van der Waals surface area contributed by atoms with Crippen LogP contribution in [0.3, 0.4) is 0 Å². The third kappa shape index (κ3) is 3.31. The van der Waals surface area contributed by atoms with Crippen LogP contribution in [0.2, 0.25) is 0 Å². The summed E-state index contributed by atoms with van der Waals surface area (Å²) in [5.41, 5.74) is 0.907. The minimum atomic E-state index is 0.218. The third-order valence-electron chi connectivity index (χ3n) is 5.11. The largest absolute Gasteiger partial charge is 0.490 e. The first-order valence-corrected chi connectivity index (χ1v) is 9.46. The number of thiazole rings is 1. The Balaban J connectivity index is 1.30. The highest BCUT2D eigenvalue weighted by Gasteiger charge is 2.43. The van der Waals surface area contributed by atoms with Gasteiger partial charge in [-0.3, -0.25) is 4.79 Å². The van der Waals surface area contributed by atoms with E-state index in [2.05, 4.69) is 4.98 Å². The van der Waals surface area contributed by atoms with Crippen LogP contribution in [0.15, 0.2) is 35.7 Å². The monoisotopic (exact) mass is 342 g/mol. The molecule has 1 saturated carbocycles. The van der Waals surface area contributed by atoms with Gasteiger partial charge in [0.2, 0.25) is 5.91 Å². The second-order valence-corrected chi connectivity index (χ2v) is 7.94. The molecule has 2 heterocycles. The van der Waals surface area contributed by atoms with Gasteiger partial charge in [0.15, 0.2) is 0 Å². The van der Waals surface area contributed by atoms with Crippen LogP contribution in [-0.2, 0) is 11.2 Å². The molecular formula is C19H22N2O2S. The van der Waals surface area contributed by atoms with Crippen LogP contribution >= 0.6 is 11.3 Å². The van der Waals surface area contributed by atoms with Gasteiger partial charge >= 0.3 is 0 Å². The summed E-state index contributed by atoms with van der Waals surface area (Å²) in [7, 11) is 0. The zero-order valence-electron chi connectivity index (χ0n) is 13.9. The summed E-state index contributed by atoms with van der Waals surface area (Å²) in [4.78, 5) is 18.9. The summed E-state index contributed by atoms with van der Waals surface area (Å²) in [6.45, 7) is 3.73. The highest BCUT2D eigenvalue weighted by Crippen LogP contribution is 2.39. The lowest BCUT2D eigenvalue weighted by Crippen LogP contribution is -2.32. The van der Waals surface area contributed by atoms with E-state index < -0.39 is 0 Å². The molecule has 1 aromatic carbocycles. The van der Waals surface area contributed by atoms with Crippen LogP contribution in [0, 0.1) is 18.8 Å². The minimum Gasteiger partial charge on any atom is -0.490 e. The molecule has 5 heteroatoms. The average Bonchev–Trinajstić information content (AvgIpc) is 3.23. The van der Waals surface area contributed by atoms with Crippen molar-refractivity contribution >= 4 is 17.2 Å². The van der Waals surface area contributed by atoms with Gasteiger partial charge in [0, 0.05) is 18.5 Å². The molecule has 1 aliphatic heterocycles. The van der Waals surface area contributed by atoms with Gasteiger partial charge in [-0.25, -0.2) is 4.98 Å². The summed E-state index contributed by atoms with van der Waals surface area (Å²) in [6.07, 6.45) is 2.84. The number of amides is 1. The summed E-state index contributed by atoms with van der Waals surface area (Å²) in [5.74, 6) is 2.34. The van der Waals surface area contributed by atoms with Gasteiger partial charge in [-0.2, -0.15) is 0 Å². The lowest BCUT2D eigenvalue weighted by molar-refractivity contribution is -0.129. The quantitative estimate of drug-likeness (QED) is 0.856. The van der Waals surface area contributed by atoms with Crippen LogP contribution in [0.1, 0.15) is 23.5 Å². The zero-order valence-corrected chi connectivity index (χ0v) is 14.7. The van der Waals surface area contributed by atoms with E-state index in [1.807, 2.05) is 47.5 Å². The number of likely N-dealkylation sites (tertiary alicyclic amines) is 1. The third-order valence-corrected chi connectivity index (χ3v) is 5.93. The number of carbonyl (C=O) groups excluding carboxylic acids is 1. The Hall–Kier alpha value is -1.88. The van der Waals surface area contributed by atoms with Crippen LogP contribution < -0.4 is 4.74 Å². The van der Waals surface area contributed by atoms with Gasteiger partial charge < -0.3 is 9.64 Å². The molecule has 0 spiro atoms. The minimum absolute atomic E-state index is 0.218. The van der Waals surface area contributed by atoms with Crippen molar-refractivity contribution < 1.29 is 9.53 Å². The molecule has 4 nitrogen and oxygen atoms in total. The van der Waals surface area contributed by atoms with E-state index in [1.54, 1.807) is 11.3 Å². The predicted molar refractivity (Wildman–Crippen MR) is 94.2 cm³/mol. The predicted octanol–water partition coefficient (Wildman–Crippen LogP) is 3.31. The Bertz CT molecular complexity index is 701. The molecule has 2 fully saturated rings. The smallest absolute Gasteiger partial charge is 0.228 e. The molecule has 0 radical (unpaired) electrons. The summed E-state index contributed by atoms with van der Waals surface area (Å²) in [5, 5.41) is 3.02. The number of para-hydroxylation sites is 1. The lowest BCUT2D eigenvalue weighted by Gasteiger charge is -2.20. The zero-order chi connectivity index (χ0) is 16.5. The highest BCUT2D eigenvalue weighted by molar-refractivity contribution is 7.09. The van der Waals surface area contributed by atoms with Gasteiger partial charge in [-0.05, 0) is 43.7 Å². The van der Waals surface area contributed by atoms with Gasteiger partial charge in [0.25, 0.3) is 0 Å². The van der Waals surface area contributed by atoms with Crippen molar-refractivity contribution in [2.24, 2.45) is 11.8 Å². The average molecular weight is 342 g/mol. The Morgan fingerprint density at radius 2 is 1.96 bits per heavy atom. The fourth-order valence-corrected chi connectivity index (χ4v) is 4.60. The number of fused-ring (bicyclic) bond motifs is 1. The Morgan fingerprint density at radius 3 is 2.58 bits per heavy atom. The van der Waals surface area contributed by atoms with Crippen LogP contribution in [-0.4, -0.2) is 35.0 Å². The molecule has 1 amide bonds. The molecule has 126 valence electrons. The molecule has 3 atom stereocenters. The van der Waals surface area contributed by atoms with E-state index in [0.717, 1.165) is 42.4 Å². The molecule has 2 aliphatic rings. The number of hydrogen-bond donors (Lipinski definition) is 0. The van der Waals surface area contributed by atoms with Gasteiger partial charge in [-0.15, -0.1) is 11.3 Å². The number of ether oxygens (including phenoxy) is 1. The van der Waals surface area contributed by atoms with E-state index >= 15 is 0 Å². The van der Waals surface area contributed by atoms with E-state index in [4.69, 9.17) is 4.74 Å². The first-order valence-electron chi connectivity index (χ1n) is 8.58. The Kier molecular flexibility index (Phi) is 4.27. The summed E-state index contributed by atoms with van der Waals surface area (Å²) in [6, 6.07) is 10.0. The van der Waals surface area contributed by atoms with Gasteiger partial charge in [-0.1, -0.05) is 18.2 Å². The second kappa shape index (κ2) is 6.55. The molecular weight excluding hydrogens is 320 g/mol. The molecule has 0 N–H and O–H groups in total. The van der Waals surface area contributed by atoms with Crippen molar-refractivity contribution in [3.05, 3.63) is 46.4 Å². The van der Waals surface area contributed by atoms with Crippen molar-refractivity contribution in [2.75, 3.05) is 13.1 Å². The molecule has 1 aromatic heterocycles. The maximum Gasteiger partial charge on any atom is 0.228 e. The maximum atomic E-state index is 12.5. The molecule has 1 aliphatic carbocycles. The highest BCUT2D eigenvalue weighted by atomic mass is 32.1. The fraction of sp³-hybridized carbons (Fsp3) is 0.474. The molecule has 1 unspecified atom stereocenters. The summed E-state index contributed by atoms with van der Waals surface area (Å²) < 4.78 is 6.09. The molecule has 4 rings (SSSR count). The topological polar surface area (TPSA) is 42.4 Å². The van der Waals surface area contributed by atoms with Crippen molar-refractivity contribution in [3.8, 4) is 5.75 Å². The molecule has 24 heavy (non-hydrogen) atoms. The lowest BCUT2D eigenvalue weighted by atomic mass is 10.0. The van der Waals surface area contributed by atoms with E-state index in [-0.39, 0.29) is 5.91 Å². The van der Waals surface area contributed by atoms with E-state index in [0.29, 0.717) is 24.4 Å². The fourth-order valence-electron chi connectivity index (χ4n) is 3.99. The van der Waals surface area contributed by atoms with E-state index in [9.17, 15) is 4.79 Å². The number of rotatable bonds is 4. The van der Waals surface area contributed by atoms with Crippen molar-refractivity contribution in [2.45, 2.75) is 32.3 Å². The number of nitrogens with zero attached hydrogens (tertiary/aromatic N) is 2. The standard InChI is InChI=1S/C19H22N2O2S/c1-13-20-16(12-24-13)9-19(22)21-10-14-7-18(8-15(14)11-21)23-17-5-3-2-4-6-17/h2-6,12,14-15,18H,7-11H2,1H3/t14-,15+,18?. The number of aromatic nitrogens is 1. The first kappa shape index (κ1) is 15.6. The Morgan fingerprint density at radius 1 is 1.25 bits per heavy atom. The Labute approximate surface area is 146 Å². The van der Waals surface area contributed by atoms with Gasteiger partial charge in [0.05, 0.1) is 23.2 Å². The second-order valence-electron chi connectivity index (χ2n) is 6.88. The van der Waals surface area contributed by atoms with Crippen molar-refractivity contribution in [3.63, 3.8) is 0 Å². The number of hydrogen-bond acceptors (Lipinski definition) is 4.